The summed E-state index contributed by atoms with van der Waals surface area (Å²) in [6, 6.07) is 12.7. The highest BCUT2D eigenvalue weighted by molar-refractivity contribution is 8.00. The van der Waals surface area contributed by atoms with Crippen molar-refractivity contribution in [1.82, 2.24) is 0 Å². The monoisotopic (exact) mass is 344 g/mol. The molecule has 0 unspecified atom stereocenters. The van der Waals surface area contributed by atoms with Crippen molar-refractivity contribution in [2.45, 2.75) is 4.90 Å². The number of carbonyl (C=O) groups is 2. The fourth-order valence-corrected chi connectivity index (χ4v) is 3.11. The Morgan fingerprint density at radius 2 is 2.13 bits per heavy atom. The van der Waals surface area contributed by atoms with E-state index in [-0.39, 0.29) is 11.8 Å². The van der Waals surface area contributed by atoms with E-state index < -0.39 is 0 Å². The molecule has 6 heteroatoms. The molecule has 0 atom stereocenters. The molecule has 0 aromatic heterocycles. The lowest BCUT2D eigenvalue weighted by molar-refractivity contribution is -0.114. The van der Waals surface area contributed by atoms with Gasteiger partial charge in [0, 0.05) is 21.7 Å². The van der Waals surface area contributed by atoms with Gasteiger partial charge in [-0.15, -0.1) is 11.8 Å². The van der Waals surface area contributed by atoms with Gasteiger partial charge in [0.1, 0.15) is 0 Å². The Kier molecular flexibility index (Phi) is 4.69. The third kappa shape index (κ3) is 4.15. The van der Waals surface area contributed by atoms with Crippen LogP contribution in [0.15, 0.2) is 53.4 Å². The van der Waals surface area contributed by atoms with Crippen LogP contribution in [0.1, 0.15) is 5.56 Å². The Hall–Kier alpha value is -2.24. The fourth-order valence-electron chi connectivity index (χ4n) is 2.13. The van der Waals surface area contributed by atoms with Crippen molar-refractivity contribution in [1.29, 1.82) is 0 Å². The minimum Gasteiger partial charge on any atom is -0.324 e. The van der Waals surface area contributed by atoms with E-state index >= 15 is 0 Å². The van der Waals surface area contributed by atoms with Gasteiger partial charge in [0.05, 0.1) is 11.4 Å². The quantitative estimate of drug-likeness (QED) is 0.826. The Morgan fingerprint density at radius 1 is 1.26 bits per heavy atom. The second-order valence-electron chi connectivity index (χ2n) is 4.93. The van der Waals surface area contributed by atoms with Crippen LogP contribution in [0.2, 0.25) is 5.02 Å². The molecule has 0 bridgehead atoms. The molecule has 0 saturated heterocycles. The SMILES string of the molecule is O=C(/C=C/c1cccc(Cl)c1)Nc1ccc2c(c1)NC(=O)CS2. The van der Waals surface area contributed by atoms with Gasteiger partial charge in [-0.1, -0.05) is 23.7 Å². The van der Waals surface area contributed by atoms with E-state index in [2.05, 4.69) is 10.6 Å². The van der Waals surface area contributed by atoms with E-state index in [0.717, 1.165) is 16.1 Å². The van der Waals surface area contributed by atoms with Crippen LogP contribution < -0.4 is 10.6 Å². The van der Waals surface area contributed by atoms with Gasteiger partial charge in [0.15, 0.2) is 0 Å². The average Bonchev–Trinajstić information content (AvgIpc) is 2.53. The van der Waals surface area contributed by atoms with Crippen LogP contribution >= 0.6 is 23.4 Å². The second-order valence-corrected chi connectivity index (χ2v) is 6.38. The highest BCUT2D eigenvalue weighted by Crippen LogP contribution is 2.33. The minimum absolute atomic E-state index is 0.0353. The number of hydrogen-bond donors (Lipinski definition) is 2. The number of halogens is 1. The molecule has 1 heterocycles. The standard InChI is InChI=1S/C17H13ClN2O2S/c18-12-3-1-2-11(8-12)4-7-16(21)19-13-5-6-15-14(9-13)20-17(22)10-23-15/h1-9H,10H2,(H,19,21)(H,20,22)/b7-4+. The summed E-state index contributed by atoms with van der Waals surface area (Å²) in [4.78, 5) is 24.4. The maximum absolute atomic E-state index is 12.0. The topological polar surface area (TPSA) is 58.2 Å². The molecule has 116 valence electrons. The Labute approximate surface area is 142 Å². The van der Waals surface area contributed by atoms with E-state index in [1.54, 1.807) is 24.3 Å². The maximum Gasteiger partial charge on any atom is 0.248 e. The molecule has 2 N–H and O–H groups in total. The first-order chi connectivity index (χ1) is 11.1. The van der Waals surface area contributed by atoms with Gasteiger partial charge in [-0.25, -0.2) is 0 Å². The molecule has 0 aliphatic carbocycles. The molecule has 0 radical (unpaired) electrons. The number of nitrogens with one attached hydrogen (secondary N) is 2. The van der Waals surface area contributed by atoms with Gasteiger partial charge in [0.2, 0.25) is 11.8 Å². The third-order valence-electron chi connectivity index (χ3n) is 3.16. The summed E-state index contributed by atoms with van der Waals surface area (Å²) in [7, 11) is 0. The molecule has 3 rings (SSSR count). The lowest BCUT2D eigenvalue weighted by Crippen LogP contribution is -2.19. The number of amides is 2. The van der Waals surface area contributed by atoms with Crippen LogP contribution in [-0.4, -0.2) is 17.6 Å². The molecule has 2 amide bonds. The normalized spacial score (nSPS) is 13.5. The molecule has 2 aromatic rings. The van der Waals surface area contributed by atoms with Gasteiger partial charge in [-0.3, -0.25) is 9.59 Å². The Morgan fingerprint density at radius 3 is 2.96 bits per heavy atom. The minimum atomic E-state index is -0.250. The summed E-state index contributed by atoms with van der Waals surface area (Å²) in [5.41, 5.74) is 2.21. The summed E-state index contributed by atoms with van der Waals surface area (Å²) in [6.07, 6.45) is 3.13. The lowest BCUT2D eigenvalue weighted by Gasteiger charge is -2.17. The molecule has 4 nitrogen and oxygen atoms in total. The third-order valence-corrected chi connectivity index (χ3v) is 4.46. The van der Waals surface area contributed by atoms with Crippen molar-refractivity contribution >= 4 is 52.6 Å². The molecule has 1 aliphatic rings. The van der Waals surface area contributed by atoms with Crippen molar-refractivity contribution in [3.05, 3.63) is 59.1 Å². The first-order valence-electron chi connectivity index (χ1n) is 6.91. The molecular weight excluding hydrogens is 332 g/mol. The maximum atomic E-state index is 12.0. The van der Waals surface area contributed by atoms with E-state index in [1.165, 1.54) is 17.8 Å². The summed E-state index contributed by atoms with van der Waals surface area (Å²) in [6.45, 7) is 0. The van der Waals surface area contributed by atoms with E-state index in [4.69, 9.17) is 11.6 Å². The molecule has 0 spiro atoms. The van der Waals surface area contributed by atoms with Crippen LogP contribution in [0.4, 0.5) is 11.4 Å². The van der Waals surface area contributed by atoms with Crippen molar-refractivity contribution in [3.8, 4) is 0 Å². The zero-order valence-corrected chi connectivity index (χ0v) is 13.6. The molecule has 2 aromatic carbocycles. The number of thioether (sulfide) groups is 1. The van der Waals surface area contributed by atoms with Crippen molar-refractivity contribution in [3.63, 3.8) is 0 Å². The predicted molar refractivity (Wildman–Crippen MR) is 94.9 cm³/mol. The first kappa shape index (κ1) is 15.6. The smallest absolute Gasteiger partial charge is 0.248 e. The zero-order valence-electron chi connectivity index (χ0n) is 12.0. The highest BCUT2D eigenvalue weighted by Gasteiger charge is 2.15. The number of carbonyl (C=O) groups excluding carboxylic acids is 2. The number of anilines is 2. The van der Waals surface area contributed by atoms with E-state index in [1.807, 2.05) is 24.3 Å². The number of hydrogen-bond acceptors (Lipinski definition) is 3. The average molecular weight is 345 g/mol. The highest BCUT2D eigenvalue weighted by atomic mass is 35.5. The van der Waals surface area contributed by atoms with Crippen LogP contribution in [0.5, 0.6) is 0 Å². The summed E-state index contributed by atoms with van der Waals surface area (Å²) < 4.78 is 0. The van der Waals surface area contributed by atoms with E-state index in [0.29, 0.717) is 16.5 Å². The van der Waals surface area contributed by atoms with Gasteiger partial charge in [-0.2, -0.15) is 0 Å². The fraction of sp³-hybridized carbons (Fsp3) is 0.0588. The molecule has 23 heavy (non-hydrogen) atoms. The summed E-state index contributed by atoms with van der Waals surface area (Å²) >= 11 is 7.38. The van der Waals surface area contributed by atoms with Crippen LogP contribution in [0.3, 0.4) is 0 Å². The van der Waals surface area contributed by atoms with Gasteiger partial charge in [-0.05, 0) is 42.0 Å². The zero-order chi connectivity index (χ0) is 16.2. The van der Waals surface area contributed by atoms with Gasteiger partial charge in [0.25, 0.3) is 0 Å². The summed E-state index contributed by atoms with van der Waals surface area (Å²) in [5, 5.41) is 6.19. The second kappa shape index (κ2) is 6.89. The Balaban J connectivity index is 1.68. The van der Waals surface area contributed by atoms with Crippen LogP contribution in [-0.2, 0) is 9.59 Å². The van der Waals surface area contributed by atoms with Crippen molar-refractivity contribution in [2.24, 2.45) is 0 Å². The van der Waals surface area contributed by atoms with E-state index in [9.17, 15) is 9.59 Å². The Bertz CT molecular complexity index is 805. The number of fused-ring (bicyclic) bond motifs is 1. The molecule has 1 aliphatic heterocycles. The largest absolute Gasteiger partial charge is 0.324 e. The lowest BCUT2D eigenvalue weighted by atomic mass is 10.2. The molecule has 0 fully saturated rings. The number of rotatable bonds is 3. The van der Waals surface area contributed by atoms with Gasteiger partial charge >= 0.3 is 0 Å². The van der Waals surface area contributed by atoms with Gasteiger partial charge < -0.3 is 10.6 Å². The molecule has 0 saturated carbocycles. The molecular formula is C17H13ClN2O2S. The summed E-state index contributed by atoms with van der Waals surface area (Å²) in [5.74, 6) is 0.132. The van der Waals surface area contributed by atoms with Crippen molar-refractivity contribution in [2.75, 3.05) is 16.4 Å². The van der Waals surface area contributed by atoms with Crippen LogP contribution in [0.25, 0.3) is 6.08 Å². The predicted octanol–water partition coefficient (Wildman–Crippen LogP) is 4.04. The number of benzene rings is 2. The van der Waals surface area contributed by atoms with Crippen molar-refractivity contribution < 1.29 is 9.59 Å². The van der Waals surface area contributed by atoms with Crippen LogP contribution in [0, 0.1) is 0 Å². The first-order valence-corrected chi connectivity index (χ1v) is 8.28.